The Morgan fingerprint density at radius 1 is 0.958 bits per heavy atom. The molecule has 2 fully saturated rings. The largest absolute Gasteiger partial charge is 0.350 e. The van der Waals surface area contributed by atoms with Gasteiger partial charge in [-0.25, -0.2) is 0 Å². The van der Waals surface area contributed by atoms with Crippen LogP contribution in [0.4, 0.5) is 0 Å². The fourth-order valence-corrected chi connectivity index (χ4v) is 3.52. The van der Waals surface area contributed by atoms with Gasteiger partial charge in [-0.05, 0) is 47.0 Å². The molecule has 6 heteroatoms. The molecule has 0 aromatic rings. The van der Waals surface area contributed by atoms with E-state index >= 15 is 0 Å². The van der Waals surface area contributed by atoms with Crippen LogP contribution in [0.2, 0.25) is 0 Å². The number of nitrogens with one attached hydrogen (secondary N) is 1. The van der Waals surface area contributed by atoms with Crippen LogP contribution in [0, 0.1) is 0 Å². The van der Waals surface area contributed by atoms with Crippen molar-refractivity contribution in [1.29, 1.82) is 0 Å². The monoisotopic (exact) mass is 338 g/mol. The molecule has 138 valence electrons. The van der Waals surface area contributed by atoms with Crippen molar-refractivity contribution in [3.05, 3.63) is 0 Å². The number of piperazine rings is 1. The van der Waals surface area contributed by atoms with E-state index in [1.54, 1.807) is 0 Å². The minimum atomic E-state index is -0.184. The highest BCUT2D eigenvalue weighted by Gasteiger charge is 2.27. The van der Waals surface area contributed by atoms with E-state index in [4.69, 9.17) is 0 Å². The third kappa shape index (κ3) is 6.06. The van der Waals surface area contributed by atoms with E-state index in [1.807, 2.05) is 25.7 Å². The van der Waals surface area contributed by atoms with Crippen molar-refractivity contribution in [2.24, 2.45) is 0 Å². The number of carbonyl (C=O) groups is 2. The van der Waals surface area contributed by atoms with Gasteiger partial charge in [0.1, 0.15) is 0 Å². The lowest BCUT2D eigenvalue weighted by molar-refractivity contribution is -0.136. The molecule has 1 atom stereocenters. The summed E-state index contributed by atoms with van der Waals surface area (Å²) in [4.78, 5) is 30.9. The maximum absolute atomic E-state index is 12.5. The minimum absolute atomic E-state index is 0.0779. The molecule has 0 bridgehead atoms. The Kier molecular flexibility index (Phi) is 6.63. The van der Waals surface area contributed by atoms with Crippen molar-refractivity contribution in [2.45, 2.75) is 58.5 Å². The number of hydrogen-bond donors (Lipinski definition) is 1. The first-order valence-electron chi connectivity index (χ1n) is 9.30. The average molecular weight is 338 g/mol. The molecule has 2 amide bonds. The Bertz CT molecular complexity index is 439. The molecule has 1 unspecified atom stereocenters. The Hall–Kier alpha value is -1.14. The van der Waals surface area contributed by atoms with Crippen LogP contribution in [0.25, 0.3) is 0 Å². The highest BCUT2D eigenvalue weighted by Crippen LogP contribution is 2.17. The van der Waals surface area contributed by atoms with E-state index in [2.05, 4.69) is 22.0 Å². The molecular formula is C18H34N4O2. The standard InChI is InChI=1S/C18H34N4O2/c1-15-7-5-6-8-22(15)17(24)14-21-11-9-20(10-12-21)13-16(23)19-18(2,3)4/h15H,5-14H2,1-4H3,(H,19,23). The summed E-state index contributed by atoms with van der Waals surface area (Å²) in [6.07, 6.45) is 3.50. The number of amides is 2. The van der Waals surface area contributed by atoms with E-state index in [-0.39, 0.29) is 17.4 Å². The molecule has 6 nitrogen and oxygen atoms in total. The summed E-state index contributed by atoms with van der Waals surface area (Å²) < 4.78 is 0. The van der Waals surface area contributed by atoms with Crippen LogP contribution in [-0.2, 0) is 9.59 Å². The Morgan fingerprint density at radius 2 is 1.54 bits per heavy atom. The second kappa shape index (κ2) is 8.30. The van der Waals surface area contributed by atoms with Crippen molar-refractivity contribution in [3.8, 4) is 0 Å². The molecule has 0 spiro atoms. The molecule has 0 aromatic heterocycles. The van der Waals surface area contributed by atoms with Crippen molar-refractivity contribution in [2.75, 3.05) is 45.8 Å². The van der Waals surface area contributed by atoms with Gasteiger partial charge < -0.3 is 10.2 Å². The van der Waals surface area contributed by atoms with Crippen LogP contribution in [0.15, 0.2) is 0 Å². The number of nitrogens with zero attached hydrogens (tertiary/aromatic N) is 3. The Balaban J connectivity index is 1.70. The zero-order valence-electron chi connectivity index (χ0n) is 15.8. The van der Waals surface area contributed by atoms with Crippen molar-refractivity contribution < 1.29 is 9.59 Å². The molecule has 0 saturated carbocycles. The second-order valence-electron chi connectivity index (χ2n) is 8.28. The fraction of sp³-hybridized carbons (Fsp3) is 0.889. The molecule has 2 rings (SSSR count). The summed E-state index contributed by atoms with van der Waals surface area (Å²) in [5.74, 6) is 0.343. The molecule has 2 aliphatic heterocycles. The minimum Gasteiger partial charge on any atom is -0.350 e. The first-order chi connectivity index (χ1) is 11.2. The maximum Gasteiger partial charge on any atom is 0.236 e. The van der Waals surface area contributed by atoms with Gasteiger partial charge in [0.25, 0.3) is 0 Å². The summed E-state index contributed by atoms with van der Waals surface area (Å²) >= 11 is 0. The summed E-state index contributed by atoms with van der Waals surface area (Å²) in [7, 11) is 0. The lowest BCUT2D eigenvalue weighted by Gasteiger charge is -2.38. The van der Waals surface area contributed by atoms with E-state index in [9.17, 15) is 9.59 Å². The highest BCUT2D eigenvalue weighted by molar-refractivity contribution is 5.79. The smallest absolute Gasteiger partial charge is 0.236 e. The molecule has 2 aliphatic rings. The van der Waals surface area contributed by atoms with Crippen molar-refractivity contribution in [1.82, 2.24) is 20.0 Å². The number of rotatable bonds is 4. The van der Waals surface area contributed by atoms with Crippen LogP contribution in [0.3, 0.4) is 0 Å². The van der Waals surface area contributed by atoms with Crippen LogP contribution < -0.4 is 5.32 Å². The van der Waals surface area contributed by atoms with Gasteiger partial charge in [0.2, 0.25) is 11.8 Å². The Morgan fingerprint density at radius 3 is 2.08 bits per heavy atom. The van der Waals surface area contributed by atoms with Crippen LogP contribution >= 0.6 is 0 Å². The van der Waals surface area contributed by atoms with Gasteiger partial charge in [0, 0.05) is 44.3 Å². The Labute approximate surface area is 146 Å². The van der Waals surface area contributed by atoms with E-state index in [0.29, 0.717) is 19.1 Å². The molecule has 2 saturated heterocycles. The summed E-state index contributed by atoms with van der Waals surface area (Å²) in [6.45, 7) is 13.4. The van der Waals surface area contributed by atoms with Gasteiger partial charge >= 0.3 is 0 Å². The van der Waals surface area contributed by atoms with Crippen molar-refractivity contribution in [3.63, 3.8) is 0 Å². The molecule has 24 heavy (non-hydrogen) atoms. The number of carbonyl (C=O) groups excluding carboxylic acids is 2. The quantitative estimate of drug-likeness (QED) is 0.828. The first kappa shape index (κ1) is 19.2. The van der Waals surface area contributed by atoms with Gasteiger partial charge in [-0.2, -0.15) is 0 Å². The molecular weight excluding hydrogens is 304 g/mol. The van der Waals surface area contributed by atoms with Crippen LogP contribution in [0.5, 0.6) is 0 Å². The molecule has 0 radical (unpaired) electrons. The molecule has 0 aliphatic carbocycles. The highest BCUT2D eigenvalue weighted by atomic mass is 16.2. The third-order valence-corrected chi connectivity index (χ3v) is 4.83. The number of piperidine rings is 1. The van der Waals surface area contributed by atoms with Gasteiger partial charge in [-0.15, -0.1) is 0 Å². The predicted molar refractivity (Wildman–Crippen MR) is 95.8 cm³/mol. The van der Waals surface area contributed by atoms with Gasteiger partial charge in [-0.1, -0.05) is 0 Å². The summed E-state index contributed by atoms with van der Waals surface area (Å²) in [6, 6.07) is 0.383. The summed E-state index contributed by atoms with van der Waals surface area (Å²) in [5, 5.41) is 3.00. The molecule has 2 heterocycles. The number of likely N-dealkylation sites (tertiary alicyclic amines) is 1. The topological polar surface area (TPSA) is 55.9 Å². The van der Waals surface area contributed by atoms with E-state index < -0.39 is 0 Å². The lowest BCUT2D eigenvalue weighted by atomic mass is 10.0. The predicted octanol–water partition coefficient (Wildman–Crippen LogP) is 0.920. The van der Waals surface area contributed by atoms with E-state index in [1.165, 1.54) is 6.42 Å². The zero-order valence-corrected chi connectivity index (χ0v) is 15.8. The lowest BCUT2D eigenvalue weighted by Crippen LogP contribution is -2.54. The van der Waals surface area contributed by atoms with Crippen molar-refractivity contribution >= 4 is 11.8 Å². The summed E-state index contributed by atoms with van der Waals surface area (Å²) in [5.41, 5.74) is -0.184. The zero-order chi connectivity index (χ0) is 17.7. The third-order valence-electron chi connectivity index (χ3n) is 4.83. The average Bonchev–Trinajstić information content (AvgIpc) is 2.47. The fourth-order valence-electron chi connectivity index (χ4n) is 3.52. The van der Waals surface area contributed by atoms with Gasteiger partial charge in [0.05, 0.1) is 13.1 Å². The van der Waals surface area contributed by atoms with E-state index in [0.717, 1.165) is 45.6 Å². The maximum atomic E-state index is 12.5. The first-order valence-corrected chi connectivity index (χ1v) is 9.30. The second-order valence-corrected chi connectivity index (χ2v) is 8.28. The number of hydrogen-bond acceptors (Lipinski definition) is 4. The van der Waals surface area contributed by atoms with Crippen LogP contribution in [-0.4, -0.2) is 83.9 Å². The van der Waals surface area contributed by atoms with Gasteiger partial charge in [-0.3, -0.25) is 19.4 Å². The molecule has 1 N–H and O–H groups in total. The van der Waals surface area contributed by atoms with Crippen LogP contribution in [0.1, 0.15) is 47.0 Å². The SMILES string of the molecule is CC1CCCCN1C(=O)CN1CCN(CC(=O)NC(C)(C)C)CC1. The normalized spacial score (nSPS) is 24.0. The molecule has 0 aromatic carbocycles. The van der Waals surface area contributed by atoms with Gasteiger partial charge in [0.15, 0.2) is 0 Å².